The van der Waals surface area contributed by atoms with Crippen LogP contribution in [-0.2, 0) is 0 Å². The van der Waals surface area contributed by atoms with E-state index >= 15 is 0 Å². The standard InChI is InChI=1S/C15H22FNO/c1-10(2)9-17(12-7-8-12)15-13(11(3)18)5-4-6-14(15)16/h4-6,10-12,18H,7-9H2,1-3H3/t11-/m0/s1. The number of aliphatic hydroxyl groups excluding tert-OH is 1. The monoisotopic (exact) mass is 251 g/mol. The average molecular weight is 251 g/mol. The van der Waals surface area contributed by atoms with Gasteiger partial charge < -0.3 is 10.0 Å². The highest BCUT2D eigenvalue weighted by Crippen LogP contribution is 2.37. The van der Waals surface area contributed by atoms with E-state index in [1.807, 2.05) is 6.07 Å². The van der Waals surface area contributed by atoms with Gasteiger partial charge in [-0.2, -0.15) is 0 Å². The molecule has 1 saturated carbocycles. The second kappa shape index (κ2) is 5.27. The number of aliphatic hydroxyl groups is 1. The lowest BCUT2D eigenvalue weighted by Crippen LogP contribution is -2.31. The molecule has 1 N–H and O–H groups in total. The smallest absolute Gasteiger partial charge is 0.146 e. The molecule has 0 saturated heterocycles. The molecule has 1 atom stereocenters. The maximum atomic E-state index is 14.1. The Morgan fingerprint density at radius 3 is 2.50 bits per heavy atom. The first-order valence-corrected chi connectivity index (χ1v) is 6.73. The lowest BCUT2D eigenvalue weighted by Gasteiger charge is -2.30. The van der Waals surface area contributed by atoms with Crippen LogP contribution in [0.1, 0.15) is 45.3 Å². The molecule has 1 aromatic carbocycles. The zero-order valence-electron chi connectivity index (χ0n) is 11.4. The fraction of sp³-hybridized carbons (Fsp3) is 0.600. The van der Waals surface area contributed by atoms with E-state index < -0.39 is 6.10 Å². The van der Waals surface area contributed by atoms with E-state index in [2.05, 4.69) is 18.7 Å². The van der Waals surface area contributed by atoms with Crippen LogP contribution in [0.2, 0.25) is 0 Å². The summed E-state index contributed by atoms with van der Waals surface area (Å²) in [6.45, 7) is 6.81. The highest BCUT2D eigenvalue weighted by Gasteiger charge is 2.32. The van der Waals surface area contributed by atoms with Crippen molar-refractivity contribution in [3.63, 3.8) is 0 Å². The first-order valence-electron chi connectivity index (χ1n) is 6.73. The summed E-state index contributed by atoms with van der Waals surface area (Å²) in [6, 6.07) is 5.42. The zero-order chi connectivity index (χ0) is 13.3. The minimum Gasteiger partial charge on any atom is -0.389 e. The molecule has 1 aliphatic rings. The topological polar surface area (TPSA) is 23.5 Å². The molecular formula is C15H22FNO. The van der Waals surface area contributed by atoms with E-state index in [9.17, 15) is 9.50 Å². The van der Waals surface area contributed by atoms with Crippen LogP contribution in [0.15, 0.2) is 18.2 Å². The van der Waals surface area contributed by atoms with Crippen molar-refractivity contribution in [1.82, 2.24) is 0 Å². The summed E-state index contributed by atoms with van der Waals surface area (Å²) in [5.41, 5.74) is 1.30. The maximum absolute atomic E-state index is 14.1. The zero-order valence-corrected chi connectivity index (χ0v) is 11.4. The Hall–Kier alpha value is -1.09. The minimum absolute atomic E-state index is 0.221. The summed E-state index contributed by atoms with van der Waals surface area (Å²) in [5.74, 6) is 0.257. The lowest BCUT2D eigenvalue weighted by molar-refractivity contribution is 0.199. The fourth-order valence-corrected chi connectivity index (χ4v) is 2.37. The second-order valence-electron chi connectivity index (χ2n) is 5.63. The third-order valence-electron chi connectivity index (χ3n) is 3.30. The third kappa shape index (κ3) is 2.83. The number of hydrogen-bond donors (Lipinski definition) is 1. The Morgan fingerprint density at radius 2 is 2.00 bits per heavy atom. The number of benzene rings is 1. The molecule has 0 unspecified atom stereocenters. The summed E-state index contributed by atoms with van der Waals surface area (Å²) in [4.78, 5) is 2.14. The first kappa shape index (κ1) is 13.3. The van der Waals surface area contributed by atoms with E-state index in [1.165, 1.54) is 6.07 Å². The maximum Gasteiger partial charge on any atom is 0.146 e. The Morgan fingerprint density at radius 1 is 1.33 bits per heavy atom. The molecule has 0 aliphatic heterocycles. The molecule has 0 aromatic heterocycles. The van der Waals surface area contributed by atoms with E-state index in [0.717, 1.165) is 19.4 Å². The van der Waals surface area contributed by atoms with Crippen LogP contribution in [0.25, 0.3) is 0 Å². The van der Waals surface area contributed by atoms with Crippen LogP contribution in [0, 0.1) is 11.7 Å². The molecule has 0 bridgehead atoms. The Kier molecular flexibility index (Phi) is 3.91. The number of anilines is 1. The normalized spacial score (nSPS) is 17.0. The van der Waals surface area contributed by atoms with Gasteiger partial charge in [-0.15, -0.1) is 0 Å². The first-order chi connectivity index (χ1) is 8.50. The number of para-hydroxylation sites is 1. The van der Waals surface area contributed by atoms with Gasteiger partial charge in [0.05, 0.1) is 11.8 Å². The molecule has 1 aromatic rings. The third-order valence-corrected chi connectivity index (χ3v) is 3.30. The average Bonchev–Trinajstić information content (AvgIpc) is 3.09. The molecule has 0 amide bonds. The van der Waals surface area contributed by atoms with Gasteiger partial charge in [-0.3, -0.25) is 0 Å². The summed E-state index contributed by atoms with van der Waals surface area (Å²) in [5, 5.41) is 9.82. The van der Waals surface area contributed by atoms with Crippen molar-refractivity contribution in [1.29, 1.82) is 0 Å². The van der Waals surface area contributed by atoms with Gasteiger partial charge in [0.25, 0.3) is 0 Å². The van der Waals surface area contributed by atoms with Crippen molar-refractivity contribution in [2.75, 3.05) is 11.4 Å². The molecule has 2 rings (SSSR count). The molecule has 0 spiro atoms. The lowest BCUT2D eigenvalue weighted by atomic mass is 10.1. The van der Waals surface area contributed by atoms with Crippen molar-refractivity contribution in [3.8, 4) is 0 Å². The number of hydrogen-bond acceptors (Lipinski definition) is 2. The SMILES string of the molecule is CC(C)CN(c1c(F)cccc1[C@H](C)O)C1CC1. The molecule has 0 heterocycles. The summed E-state index contributed by atoms with van der Waals surface area (Å²) < 4.78 is 14.1. The molecule has 3 heteroatoms. The van der Waals surface area contributed by atoms with Crippen molar-refractivity contribution >= 4 is 5.69 Å². The number of halogens is 1. The van der Waals surface area contributed by atoms with Crippen LogP contribution in [0.5, 0.6) is 0 Å². The summed E-state index contributed by atoms with van der Waals surface area (Å²) >= 11 is 0. The van der Waals surface area contributed by atoms with Gasteiger partial charge in [0, 0.05) is 18.2 Å². The Balaban J connectivity index is 2.39. The van der Waals surface area contributed by atoms with Crippen molar-refractivity contribution in [3.05, 3.63) is 29.6 Å². The second-order valence-corrected chi connectivity index (χ2v) is 5.63. The van der Waals surface area contributed by atoms with Crippen LogP contribution in [-0.4, -0.2) is 17.7 Å². The Bertz CT molecular complexity index is 413. The quantitative estimate of drug-likeness (QED) is 0.865. The predicted molar refractivity (Wildman–Crippen MR) is 72.2 cm³/mol. The number of nitrogens with zero attached hydrogens (tertiary/aromatic N) is 1. The van der Waals surface area contributed by atoms with E-state index in [-0.39, 0.29) is 5.82 Å². The van der Waals surface area contributed by atoms with Crippen LogP contribution in [0.4, 0.5) is 10.1 Å². The highest BCUT2D eigenvalue weighted by molar-refractivity contribution is 5.57. The van der Waals surface area contributed by atoms with Gasteiger partial charge in [0.1, 0.15) is 5.82 Å². The van der Waals surface area contributed by atoms with Crippen LogP contribution < -0.4 is 4.90 Å². The molecule has 1 aliphatic carbocycles. The molecule has 0 radical (unpaired) electrons. The van der Waals surface area contributed by atoms with Gasteiger partial charge >= 0.3 is 0 Å². The van der Waals surface area contributed by atoms with E-state index in [1.54, 1.807) is 13.0 Å². The predicted octanol–water partition coefficient (Wildman–Crippen LogP) is 3.50. The van der Waals surface area contributed by atoms with Crippen LogP contribution in [0.3, 0.4) is 0 Å². The molecule has 100 valence electrons. The largest absolute Gasteiger partial charge is 0.389 e. The molecule has 18 heavy (non-hydrogen) atoms. The van der Waals surface area contributed by atoms with Gasteiger partial charge in [-0.1, -0.05) is 26.0 Å². The van der Waals surface area contributed by atoms with Crippen molar-refractivity contribution in [2.45, 2.75) is 45.8 Å². The fourth-order valence-electron chi connectivity index (χ4n) is 2.37. The van der Waals surface area contributed by atoms with Gasteiger partial charge in [0.15, 0.2) is 0 Å². The van der Waals surface area contributed by atoms with Gasteiger partial charge in [-0.25, -0.2) is 4.39 Å². The summed E-state index contributed by atoms with van der Waals surface area (Å²) in [7, 11) is 0. The molecule has 2 nitrogen and oxygen atoms in total. The number of rotatable bonds is 5. The van der Waals surface area contributed by atoms with Gasteiger partial charge in [0.2, 0.25) is 0 Å². The minimum atomic E-state index is -0.635. The van der Waals surface area contributed by atoms with Crippen LogP contribution >= 0.6 is 0 Å². The molecular weight excluding hydrogens is 229 g/mol. The van der Waals surface area contributed by atoms with Crippen molar-refractivity contribution < 1.29 is 9.50 Å². The molecule has 1 fully saturated rings. The van der Waals surface area contributed by atoms with E-state index in [0.29, 0.717) is 23.2 Å². The van der Waals surface area contributed by atoms with Gasteiger partial charge in [-0.05, 0) is 31.7 Å². The Labute approximate surface area is 108 Å². The van der Waals surface area contributed by atoms with E-state index in [4.69, 9.17) is 0 Å². The van der Waals surface area contributed by atoms with Crippen molar-refractivity contribution in [2.24, 2.45) is 5.92 Å². The highest BCUT2D eigenvalue weighted by atomic mass is 19.1. The summed E-state index contributed by atoms with van der Waals surface area (Å²) in [6.07, 6.45) is 1.62.